The molecule has 19 heavy (non-hydrogen) atoms. The second kappa shape index (κ2) is 4.55. The fourth-order valence-electron chi connectivity index (χ4n) is 1.63. The molecule has 0 spiro atoms. The van der Waals surface area contributed by atoms with Crippen LogP contribution in [0.5, 0.6) is 11.6 Å². The zero-order valence-corrected chi connectivity index (χ0v) is 10.5. The van der Waals surface area contributed by atoms with E-state index in [0.717, 1.165) is 10.2 Å². The molecule has 0 aliphatic carbocycles. The van der Waals surface area contributed by atoms with E-state index in [2.05, 4.69) is 16.0 Å². The number of nitrogens with two attached hydrogens (primary N) is 1. The molecule has 5 nitrogen and oxygen atoms in total. The van der Waals surface area contributed by atoms with Crippen molar-refractivity contribution < 1.29 is 4.74 Å². The molecule has 2 heterocycles. The van der Waals surface area contributed by atoms with Gasteiger partial charge in [0.25, 0.3) is 0 Å². The fourth-order valence-corrected chi connectivity index (χ4v) is 2.39. The average Bonchev–Trinajstić information content (AvgIpc) is 2.88. The Labute approximate surface area is 112 Å². The lowest BCUT2D eigenvalue weighted by Crippen LogP contribution is -1.97. The van der Waals surface area contributed by atoms with Crippen molar-refractivity contribution in [1.29, 1.82) is 5.26 Å². The first-order chi connectivity index (χ1) is 9.26. The monoisotopic (exact) mass is 268 g/mol. The number of thiophene rings is 1. The third-order valence-electron chi connectivity index (χ3n) is 2.51. The number of aromatic nitrogens is 2. The standard InChI is InChI=1S/C13H8N4OS/c14-7-8-1-3-9(4-2-8)18-11-10-5-6-19-12(10)17-13(15)16-11/h1-6H,(H2,15,16,17). The Hall–Kier alpha value is -2.65. The van der Waals surface area contributed by atoms with E-state index in [9.17, 15) is 0 Å². The highest BCUT2D eigenvalue weighted by Gasteiger charge is 2.09. The molecule has 92 valence electrons. The van der Waals surface area contributed by atoms with Crippen molar-refractivity contribution in [2.75, 3.05) is 5.73 Å². The number of anilines is 1. The summed E-state index contributed by atoms with van der Waals surface area (Å²) < 4.78 is 5.70. The summed E-state index contributed by atoms with van der Waals surface area (Å²) >= 11 is 1.48. The molecule has 6 heteroatoms. The molecule has 0 fully saturated rings. The summed E-state index contributed by atoms with van der Waals surface area (Å²) in [5, 5.41) is 11.5. The van der Waals surface area contributed by atoms with Crippen molar-refractivity contribution in [3.63, 3.8) is 0 Å². The van der Waals surface area contributed by atoms with Gasteiger partial charge in [0.05, 0.1) is 17.0 Å². The number of fused-ring (bicyclic) bond motifs is 1. The molecule has 1 aromatic carbocycles. The highest BCUT2D eigenvalue weighted by Crippen LogP contribution is 2.30. The van der Waals surface area contributed by atoms with E-state index in [1.165, 1.54) is 11.3 Å². The van der Waals surface area contributed by atoms with Crippen molar-refractivity contribution in [3.8, 4) is 17.7 Å². The van der Waals surface area contributed by atoms with Crippen LogP contribution >= 0.6 is 11.3 Å². The van der Waals surface area contributed by atoms with Crippen LogP contribution in [0.25, 0.3) is 10.2 Å². The molecule has 2 N–H and O–H groups in total. The molecule has 0 bridgehead atoms. The minimum absolute atomic E-state index is 0.179. The smallest absolute Gasteiger partial charge is 0.232 e. The van der Waals surface area contributed by atoms with Crippen LogP contribution in [0, 0.1) is 11.3 Å². The SMILES string of the molecule is N#Cc1ccc(Oc2nc(N)nc3sccc23)cc1. The topological polar surface area (TPSA) is 84.8 Å². The van der Waals surface area contributed by atoms with Gasteiger partial charge in [-0.25, -0.2) is 4.98 Å². The van der Waals surface area contributed by atoms with Gasteiger partial charge >= 0.3 is 0 Å². The molecule has 0 aliphatic heterocycles. The van der Waals surface area contributed by atoms with Gasteiger partial charge in [-0.05, 0) is 35.7 Å². The van der Waals surface area contributed by atoms with E-state index in [-0.39, 0.29) is 5.95 Å². The normalized spacial score (nSPS) is 10.3. The minimum atomic E-state index is 0.179. The van der Waals surface area contributed by atoms with Crippen LogP contribution < -0.4 is 10.5 Å². The number of nitriles is 1. The summed E-state index contributed by atoms with van der Waals surface area (Å²) in [6, 6.07) is 10.7. The molecule has 2 aromatic heterocycles. The van der Waals surface area contributed by atoms with Crippen LogP contribution in [0.2, 0.25) is 0 Å². The molecule has 0 saturated heterocycles. The second-order valence-electron chi connectivity index (χ2n) is 3.76. The van der Waals surface area contributed by atoms with Crippen LogP contribution in [0.15, 0.2) is 35.7 Å². The first-order valence-electron chi connectivity index (χ1n) is 5.45. The molecule has 3 rings (SSSR count). The summed E-state index contributed by atoms with van der Waals surface area (Å²) in [4.78, 5) is 9.01. The molecule has 3 aromatic rings. The maximum atomic E-state index is 8.74. The number of hydrogen-bond acceptors (Lipinski definition) is 6. The summed E-state index contributed by atoms with van der Waals surface area (Å²) in [7, 11) is 0. The van der Waals surface area contributed by atoms with Crippen molar-refractivity contribution in [3.05, 3.63) is 41.3 Å². The number of nitrogens with zero attached hydrogens (tertiary/aromatic N) is 3. The molecular weight excluding hydrogens is 260 g/mol. The van der Waals surface area contributed by atoms with Crippen molar-refractivity contribution >= 4 is 27.5 Å². The Morgan fingerprint density at radius 2 is 1.95 bits per heavy atom. The van der Waals surface area contributed by atoms with E-state index in [4.69, 9.17) is 15.7 Å². The van der Waals surface area contributed by atoms with E-state index in [1.54, 1.807) is 24.3 Å². The minimum Gasteiger partial charge on any atom is -0.438 e. The first-order valence-corrected chi connectivity index (χ1v) is 6.33. The van der Waals surface area contributed by atoms with E-state index < -0.39 is 0 Å². The molecule has 0 aliphatic rings. The largest absolute Gasteiger partial charge is 0.438 e. The summed E-state index contributed by atoms with van der Waals surface area (Å²) in [5.74, 6) is 1.21. The predicted molar refractivity (Wildman–Crippen MR) is 73.1 cm³/mol. The van der Waals surface area contributed by atoms with Crippen LogP contribution in [0.4, 0.5) is 5.95 Å². The summed E-state index contributed by atoms with van der Waals surface area (Å²) in [6.07, 6.45) is 0. The van der Waals surface area contributed by atoms with Gasteiger partial charge in [-0.15, -0.1) is 11.3 Å². The van der Waals surface area contributed by atoms with E-state index >= 15 is 0 Å². The van der Waals surface area contributed by atoms with Gasteiger partial charge in [-0.2, -0.15) is 10.2 Å². The van der Waals surface area contributed by atoms with Crippen LogP contribution in [0.1, 0.15) is 5.56 Å². The molecule has 0 saturated carbocycles. The van der Waals surface area contributed by atoms with Crippen LogP contribution in [0.3, 0.4) is 0 Å². The van der Waals surface area contributed by atoms with Crippen molar-refractivity contribution in [2.24, 2.45) is 0 Å². The maximum absolute atomic E-state index is 8.74. The predicted octanol–water partition coefficient (Wildman–Crippen LogP) is 2.94. The Morgan fingerprint density at radius 1 is 1.16 bits per heavy atom. The highest BCUT2D eigenvalue weighted by atomic mass is 32.1. The average molecular weight is 268 g/mol. The lowest BCUT2D eigenvalue weighted by atomic mass is 10.2. The first kappa shape index (κ1) is 11.4. The fraction of sp³-hybridized carbons (Fsp3) is 0. The third-order valence-corrected chi connectivity index (χ3v) is 3.31. The Kier molecular flexibility index (Phi) is 2.74. The zero-order chi connectivity index (χ0) is 13.2. The van der Waals surface area contributed by atoms with Crippen LogP contribution in [-0.2, 0) is 0 Å². The Morgan fingerprint density at radius 3 is 2.68 bits per heavy atom. The number of rotatable bonds is 2. The second-order valence-corrected chi connectivity index (χ2v) is 4.66. The highest BCUT2D eigenvalue weighted by molar-refractivity contribution is 7.16. The molecule has 0 unspecified atom stereocenters. The lowest BCUT2D eigenvalue weighted by molar-refractivity contribution is 0.469. The number of ether oxygens (including phenoxy) is 1. The molecule has 0 radical (unpaired) electrons. The number of hydrogen-bond donors (Lipinski definition) is 1. The number of benzene rings is 1. The summed E-state index contributed by atoms with van der Waals surface area (Å²) in [5.41, 5.74) is 6.22. The Bertz CT molecular complexity index is 773. The number of nitrogen functional groups attached to an aromatic ring is 1. The quantitative estimate of drug-likeness (QED) is 0.772. The zero-order valence-electron chi connectivity index (χ0n) is 9.70. The lowest BCUT2D eigenvalue weighted by Gasteiger charge is -2.06. The molecule has 0 atom stereocenters. The Balaban J connectivity index is 2.00. The van der Waals surface area contributed by atoms with E-state index in [1.807, 2.05) is 11.4 Å². The van der Waals surface area contributed by atoms with Gasteiger partial charge in [-0.1, -0.05) is 0 Å². The summed E-state index contributed by atoms with van der Waals surface area (Å²) in [6.45, 7) is 0. The van der Waals surface area contributed by atoms with E-state index in [0.29, 0.717) is 17.2 Å². The molecular formula is C13H8N4OS. The van der Waals surface area contributed by atoms with Crippen molar-refractivity contribution in [2.45, 2.75) is 0 Å². The van der Waals surface area contributed by atoms with Gasteiger partial charge in [-0.3, -0.25) is 0 Å². The van der Waals surface area contributed by atoms with Gasteiger partial charge in [0.1, 0.15) is 10.6 Å². The third kappa shape index (κ3) is 2.19. The van der Waals surface area contributed by atoms with Crippen LogP contribution in [-0.4, -0.2) is 9.97 Å². The maximum Gasteiger partial charge on any atom is 0.232 e. The van der Waals surface area contributed by atoms with Gasteiger partial charge < -0.3 is 10.5 Å². The van der Waals surface area contributed by atoms with Gasteiger partial charge in [0, 0.05) is 0 Å². The molecule has 0 amide bonds. The van der Waals surface area contributed by atoms with Gasteiger partial charge in [0.2, 0.25) is 11.8 Å². The van der Waals surface area contributed by atoms with Crippen molar-refractivity contribution in [1.82, 2.24) is 9.97 Å². The van der Waals surface area contributed by atoms with Gasteiger partial charge in [0.15, 0.2) is 0 Å².